The number of aromatic nitrogens is 2. The molecule has 1 aliphatic heterocycles. The van der Waals surface area contributed by atoms with Crippen LogP contribution in [0.15, 0.2) is 12.4 Å². The SMILES string of the molecule is CCC1(CC)CN(C(C(=O)O)c2cnn(C)c2)C1. The van der Waals surface area contributed by atoms with Gasteiger partial charge in [0.2, 0.25) is 0 Å². The molecular weight excluding hydrogens is 230 g/mol. The first-order valence-corrected chi connectivity index (χ1v) is 6.47. The van der Waals surface area contributed by atoms with Gasteiger partial charge in [-0.25, -0.2) is 0 Å². The number of hydrogen-bond acceptors (Lipinski definition) is 3. The van der Waals surface area contributed by atoms with Crippen molar-refractivity contribution >= 4 is 5.97 Å². The number of aliphatic carboxylic acids is 1. The molecule has 0 aliphatic carbocycles. The Bertz CT molecular complexity index is 429. The van der Waals surface area contributed by atoms with Crippen molar-refractivity contribution < 1.29 is 9.90 Å². The maximum absolute atomic E-state index is 11.5. The molecule has 100 valence electrons. The Morgan fingerprint density at radius 3 is 2.50 bits per heavy atom. The van der Waals surface area contributed by atoms with E-state index in [9.17, 15) is 9.90 Å². The van der Waals surface area contributed by atoms with Gasteiger partial charge in [0.1, 0.15) is 6.04 Å². The molecule has 2 rings (SSSR count). The summed E-state index contributed by atoms with van der Waals surface area (Å²) in [6.07, 6.45) is 5.66. The minimum absolute atomic E-state index is 0.315. The van der Waals surface area contributed by atoms with Gasteiger partial charge in [-0.1, -0.05) is 13.8 Å². The topological polar surface area (TPSA) is 58.4 Å². The molecule has 5 nitrogen and oxygen atoms in total. The first kappa shape index (κ1) is 13.1. The molecule has 1 unspecified atom stereocenters. The highest BCUT2D eigenvalue weighted by molar-refractivity contribution is 5.75. The van der Waals surface area contributed by atoms with Crippen LogP contribution >= 0.6 is 0 Å². The maximum Gasteiger partial charge on any atom is 0.325 e. The number of carboxylic acid groups (broad SMARTS) is 1. The van der Waals surface area contributed by atoms with Crippen molar-refractivity contribution in [1.82, 2.24) is 14.7 Å². The lowest BCUT2D eigenvalue weighted by atomic mass is 9.74. The molecule has 1 saturated heterocycles. The molecule has 0 spiro atoms. The summed E-state index contributed by atoms with van der Waals surface area (Å²) in [5, 5.41) is 13.5. The molecule has 1 aromatic heterocycles. The second kappa shape index (κ2) is 4.72. The average molecular weight is 251 g/mol. The Labute approximate surface area is 107 Å². The first-order chi connectivity index (χ1) is 8.51. The number of rotatable bonds is 5. The van der Waals surface area contributed by atoms with Crippen molar-refractivity contribution in [3.8, 4) is 0 Å². The van der Waals surface area contributed by atoms with Gasteiger partial charge in [0.25, 0.3) is 0 Å². The van der Waals surface area contributed by atoms with Crippen LogP contribution in [0, 0.1) is 5.41 Å². The smallest absolute Gasteiger partial charge is 0.325 e. The van der Waals surface area contributed by atoms with Crippen molar-refractivity contribution in [2.75, 3.05) is 13.1 Å². The van der Waals surface area contributed by atoms with Crippen molar-refractivity contribution in [2.45, 2.75) is 32.7 Å². The van der Waals surface area contributed by atoms with Gasteiger partial charge in [0, 0.05) is 31.9 Å². The lowest BCUT2D eigenvalue weighted by Crippen LogP contribution is -2.58. The van der Waals surface area contributed by atoms with Crippen LogP contribution in [0.4, 0.5) is 0 Å². The molecule has 1 aromatic rings. The van der Waals surface area contributed by atoms with Gasteiger partial charge in [0.05, 0.1) is 6.20 Å². The van der Waals surface area contributed by atoms with Gasteiger partial charge in [-0.15, -0.1) is 0 Å². The molecule has 0 aromatic carbocycles. The molecule has 0 bridgehead atoms. The fourth-order valence-electron chi connectivity index (χ4n) is 2.79. The van der Waals surface area contributed by atoms with E-state index in [1.54, 1.807) is 24.1 Å². The summed E-state index contributed by atoms with van der Waals surface area (Å²) in [7, 11) is 1.81. The van der Waals surface area contributed by atoms with Crippen LogP contribution < -0.4 is 0 Å². The third-order valence-corrected chi connectivity index (χ3v) is 4.22. The number of aryl methyl sites for hydroxylation is 1. The van der Waals surface area contributed by atoms with Crippen LogP contribution in [-0.2, 0) is 11.8 Å². The third-order valence-electron chi connectivity index (χ3n) is 4.22. The zero-order valence-corrected chi connectivity index (χ0v) is 11.3. The van der Waals surface area contributed by atoms with E-state index in [-0.39, 0.29) is 0 Å². The molecular formula is C13H21N3O2. The highest BCUT2D eigenvalue weighted by atomic mass is 16.4. The Morgan fingerprint density at radius 2 is 2.11 bits per heavy atom. The number of carboxylic acids is 1. The van der Waals surface area contributed by atoms with E-state index in [1.165, 1.54) is 0 Å². The van der Waals surface area contributed by atoms with Gasteiger partial charge in [-0.2, -0.15) is 5.10 Å². The number of carbonyl (C=O) groups is 1. The Kier molecular flexibility index (Phi) is 3.43. The van der Waals surface area contributed by atoms with E-state index in [2.05, 4.69) is 18.9 Å². The first-order valence-electron chi connectivity index (χ1n) is 6.47. The summed E-state index contributed by atoms with van der Waals surface area (Å²) >= 11 is 0. The Balaban J connectivity index is 2.13. The average Bonchev–Trinajstić information content (AvgIpc) is 2.69. The van der Waals surface area contributed by atoms with Crippen molar-refractivity contribution in [1.29, 1.82) is 0 Å². The minimum Gasteiger partial charge on any atom is -0.480 e. The highest BCUT2D eigenvalue weighted by Crippen LogP contribution is 2.41. The van der Waals surface area contributed by atoms with E-state index < -0.39 is 12.0 Å². The predicted octanol–water partition coefficient (Wildman–Crippen LogP) is 1.67. The normalized spacial score (nSPS) is 20.4. The molecule has 1 fully saturated rings. The van der Waals surface area contributed by atoms with Crippen molar-refractivity contribution in [3.63, 3.8) is 0 Å². The lowest BCUT2D eigenvalue weighted by molar-refractivity contribution is -0.150. The molecule has 1 aliphatic rings. The van der Waals surface area contributed by atoms with Gasteiger partial charge in [-0.05, 0) is 18.3 Å². The number of hydrogen-bond donors (Lipinski definition) is 1. The summed E-state index contributed by atoms with van der Waals surface area (Å²) in [5.41, 5.74) is 1.08. The lowest BCUT2D eigenvalue weighted by Gasteiger charge is -2.51. The van der Waals surface area contributed by atoms with Gasteiger partial charge in [0.15, 0.2) is 0 Å². The Hall–Kier alpha value is -1.36. The molecule has 2 heterocycles. The molecule has 1 atom stereocenters. The van der Waals surface area contributed by atoms with E-state index in [4.69, 9.17) is 0 Å². The Morgan fingerprint density at radius 1 is 1.50 bits per heavy atom. The quantitative estimate of drug-likeness (QED) is 0.864. The van der Waals surface area contributed by atoms with E-state index >= 15 is 0 Å². The molecule has 0 amide bonds. The predicted molar refractivity (Wildman–Crippen MR) is 68.2 cm³/mol. The van der Waals surface area contributed by atoms with E-state index in [1.807, 2.05) is 4.90 Å². The molecule has 18 heavy (non-hydrogen) atoms. The van der Waals surface area contributed by atoms with Crippen molar-refractivity contribution in [2.24, 2.45) is 12.5 Å². The van der Waals surface area contributed by atoms with Crippen LogP contribution in [0.2, 0.25) is 0 Å². The zero-order valence-electron chi connectivity index (χ0n) is 11.3. The zero-order chi connectivity index (χ0) is 13.3. The maximum atomic E-state index is 11.5. The van der Waals surface area contributed by atoms with Gasteiger partial charge >= 0.3 is 5.97 Å². The van der Waals surface area contributed by atoms with Crippen LogP contribution in [0.3, 0.4) is 0 Å². The highest BCUT2D eigenvalue weighted by Gasteiger charge is 2.45. The van der Waals surface area contributed by atoms with Crippen LogP contribution in [0.5, 0.6) is 0 Å². The van der Waals surface area contributed by atoms with Crippen LogP contribution in [0.25, 0.3) is 0 Å². The largest absolute Gasteiger partial charge is 0.480 e. The second-order valence-electron chi connectivity index (χ2n) is 5.30. The molecule has 0 radical (unpaired) electrons. The third kappa shape index (κ3) is 2.14. The fraction of sp³-hybridized carbons (Fsp3) is 0.692. The van der Waals surface area contributed by atoms with Gasteiger partial charge < -0.3 is 5.11 Å². The molecule has 1 N–H and O–H groups in total. The van der Waals surface area contributed by atoms with Crippen LogP contribution in [0.1, 0.15) is 38.3 Å². The standard InChI is InChI=1S/C13H21N3O2/c1-4-13(5-2)8-16(9-13)11(12(17)18)10-6-14-15(3)7-10/h6-7,11H,4-5,8-9H2,1-3H3,(H,17,18). The molecule has 0 saturated carbocycles. The van der Waals surface area contributed by atoms with Crippen molar-refractivity contribution in [3.05, 3.63) is 18.0 Å². The van der Waals surface area contributed by atoms with Crippen LogP contribution in [-0.4, -0.2) is 38.8 Å². The second-order valence-corrected chi connectivity index (χ2v) is 5.30. The van der Waals surface area contributed by atoms with Gasteiger partial charge in [-0.3, -0.25) is 14.4 Å². The summed E-state index contributed by atoms with van der Waals surface area (Å²) in [5.74, 6) is -0.788. The summed E-state index contributed by atoms with van der Waals surface area (Å²) in [6.45, 7) is 6.10. The summed E-state index contributed by atoms with van der Waals surface area (Å²) < 4.78 is 1.65. The van der Waals surface area contributed by atoms with E-state index in [0.717, 1.165) is 31.5 Å². The number of nitrogens with zero attached hydrogens (tertiary/aromatic N) is 3. The van der Waals surface area contributed by atoms with E-state index in [0.29, 0.717) is 5.41 Å². The number of likely N-dealkylation sites (tertiary alicyclic amines) is 1. The fourth-order valence-corrected chi connectivity index (χ4v) is 2.79. The molecule has 5 heteroatoms. The summed E-state index contributed by atoms with van der Waals surface area (Å²) in [4.78, 5) is 13.5. The monoisotopic (exact) mass is 251 g/mol. The summed E-state index contributed by atoms with van der Waals surface area (Å²) in [6, 6.07) is -0.551. The minimum atomic E-state index is -0.788.